The van der Waals surface area contributed by atoms with Gasteiger partial charge in [-0.15, -0.1) is 0 Å². The second-order valence-electron chi connectivity index (χ2n) is 8.09. The van der Waals surface area contributed by atoms with Crippen molar-refractivity contribution in [2.45, 2.75) is 57.2 Å². The zero-order valence-electron chi connectivity index (χ0n) is 16.6. The summed E-state index contributed by atoms with van der Waals surface area (Å²) in [6.07, 6.45) is -1.24. The number of nitrogens with zero attached hydrogens (tertiary/aromatic N) is 3. The molecule has 0 radical (unpaired) electrons. The summed E-state index contributed by atoms with van der Waals surface area (Å²) in [6, 6.07) is 5.53. The van der Waals surface area contributed by atoms with Crippen LogP contribution in [0.4, 0.5) is 8.78 Å². The van der Waals surface area contributed by atoms with Crippen LogP contribution in [0.25, 0.3) is 11.0 Å². The van der Waals surface area contributed by atoms with Gasteiger partial charge in [0, 0.05) is 6.20 Å². The lowest BCUT2D eigenvalue weighted by atomic mass is 9.99. The van der Waals surface area contributed by atoms with Gasteiger partial charge in [0.05, 0.1) is 11.1 Å². The van der Waals surface area contributed by atoms with E-state index in [2.05, 4.69) is 9.97 Å². The Balaban J connectivity index is 1.56. The van der Waals surface area contributed by atoms with E-state index in [1.54, 1.807) is 25.3 Å². The first-order valence-electron chi connectivity index (χ1n) is 9.67. The molecule has 0 saturated carbocycles. The lowest BCUT2D eigenvalue weighted by Gasteiger charge is -2.27. The summed E-state index contributed by atoms with van der Waals surface area (Å²) in [7, 11) is 0. The van der Waals surface area contributed by atoms with Crippen LogP contribution in [-0.4, -0.2) is 43.7 Å². The number of rotatable bonds is 3. The number of hydrogen-bond acceptors (Lipinski definition) is 6. The van der Waals surface area contributed by atoms with E-state index in [1.165, 1.54) is 36.8 Å². The van der Waals surface area contributed by atoms with Crippen molar-refractivity contribution in [1.29, 1.82) is 0 Å². The van der Waals surface area contributed by atoms with Crippen molar-refractivity contribution in [3.8, 4) is 0 Å². The first-order chi connectivity index (χ1) is 14.2. The molecule has 2 aliphatic rings. The molecule has 2 aliphatic heterocycles. The van der Waals surface area contributed by atoms with Gasteiger partial charge in [0.2, 0.25) is 0 Å². The van der Waals surface area contributed by atoms with Crippen LogP contribution in [0.1, 0.15) is 37.4 Å². The molecule has 5 atom stereocenters. The highest BCUT2D eigenvalue weighted by molar-refractivity contribution is 5.79. The fraction of sp³-hybridized carbons (Fsp3) is 0.429. The van der Waals surface area contributed by atoms with Crippen molar-refractivity contribution in [3.05, 3.63) is 59.7 Å². The zero-order valence-corrected chi connectivity index (χ0v) is 16.6. The number of aromatic nitrogens is 3. The van der Waals surface area contributed by atoms with E-state index in [0.717, 1.165) is 0 Å². The van der Waals surface area contributed by atoms with E-state index < -0.39 is 48.1 Å². The number of hydrogen-bond donors (Lipinski definition) is 1. The predicted octanol–water partition coefficient (Wildman–Crippen LogP) is 3.17. The van der Waals surface area contributed by atoms with Gasteiger partial charge in [-0.3, -0.25) is 0 Å². The van der Waals surface area contributed by atoms with Gasteiger partial charge in [0.15, 0.2) is 17.8 Å². The van der Waals surface area contributed by atoms with Gasteiger partial charge in [-0.1, -0.05) is 12.1 Å². The average molecular weight is 417 g/mol. The smallest absolute Gasteiger partial charge is 0.165 e. The van der Waals surface area contributed by atoms with E-state index in [-0.39, 0.29) is 0 Å². The third-order valence-corrected chi connectivity index (χ3v) is 5.61. The van der Waals surface area contributed by atoms with Crippen LogP contribution in [0.2, 0.25) is 0 Å². The number of aryl methyl sites for hydroxylation is 1. The van der Waals surface area contributed by atoms with E-state index in [4.69, 9.17) is 14.2 Å². The van der Waals surface area contributed by atoms with Gasteiger partial charge in [-0.05, 0) is 38.5 Å². The molecule has 2 fully saturated rings. The van der Waals surface area contributed by atoms with Crippen LogP contribution in [-0.2, 0) is 14.2 Å². The van der Waals surface area contributed by atoms with Crippen molar-refractivity contribution < 1.29 is 28.1 Å². The van der Waals surface area contributed by atoms with Gasteiger partial charge in [0.25, 0.3) is 0 Å². The van der Waals surface area contributed by atoms with Crippen LogP contribution >= 0.6 is 0 Å². The van der Waals surface area contributed by atoms with Crippen LogP contribution < -0.4 is 0 Å². The number of aliphatic hydroxyl groups excluding tert-OH is 1. The summed E-state index contributed by atoms with van der Waals surface area (Å²) in [5, 5.41) is 11.3. The highest BCUT2D eigenvalue weighted by Crippen LogP contribution is 2.47. The summed E-state index contributed by atoms with van der Waals surface area (Å²) in [6.45, 7) is 5.24. The molecule has 2 aromatic heterocycles. The molecule has 3 aromatic rings. The largest absolute Gasteiger partial charge is 0.386 e. The second kappa shape index (κ2) is 6.78. The average Bonchev–Trinajstić information content (AvgIpc) is 3.30. The highest BCUT2D eigenvalue weighted by atomic mass is 19.1. The Morgan fingerprint density at radius 3 is 2.53 bits per heavy atom. The molecular formula is C21H21F2N3O4. The molecule has 2 saturated heterocycles. The number of fused-ring (bicyclic) bond motifs is 2. The van der Waals surface area contributed by atoms with Crippen molar-refractivity contribution >= 4 is 11.0 Å². The molecule has 0 aliphatic carbocycles. The first kappa shape index (κ1) is 19.5. The quantitative estimate of drug-likeness (QED) is 0.705. The Morgan fingerprint density at radius 1 is 1.10 bits per heavy atom. The molecule has 158 valence electrons. The SMILES string of the molecule is Cc1ncnc2c1c(F)cn2[C@@H]1O[C@H]([C@H](O)c2ccc(F)cc2)[C@H]2OC(C)(C)O[C@H]21. The van der Waals surface area contributed by atoms with Crippen LogP contribution in [0.3, 0.4) is 0 Å². The van der Waals surface area contributed by atoms with Crippen LogP contribution in [0.15, 0.2) is 36.8 Å². The lowest BCUT2D eigenvalue weighted by Crippen LogP contribution is -2.34. The normalized spacial score (nSPS) is 28.7. The van der Waals surface area contributed by atoms with E-state index in [9.17, 15) is 13.9 Å². The maximum Gasteiger partial charge on any atom is 0.165 e. The zero-order chi connectivity index (χ0) is 21.2. The molecule has 9 heteroatoms. The van der Waals surface area contributed by atoms with E-state index in [0.29, 0.717) is 22.3 Å². The summed E-state index contributed by atoms with van der Waals surface area (Å²) in [5.41, 5.74) is 1.36. The summed E-state index contributed by atoms with van der Waals surface area (Å²) < 4.78 is 47.8. The maximum absolute atomic E-state index is 14.7. The minimum absolute atomic E-state index is 0.304. The van der Waals surface area contributed by atoms with Gasteiger partial charge < -0.3 is 23.9 Å². The fourth-order valence-corrected chi connectivity index (χ4v) is 4.31. The topological polar surface area (TPSA) is 78.6 Å². The molecule has 4 heterocycles. The first-order valence-corrected chi connectivity index (χ1v) is 9.67. The van der Waals surface area contributed by atoms with Crippen molar-refractivity contribution in [3.63, 3.8) is 0 Å². The monoisotopic (exact) mass is 417 g/mol. The van der Waals surface area contributed by atoms with Gasteiger partial charge in [-0.2, -0.15) is 0 Å². The number of halogens is 2. The minimum atomic E-state index is -1.09. The summed E-state index contributed by atoms with van der Waals surface area (Å²) >= 11 is 0. The van der Waals surface area contributed by atoms with Gasteiger partial charge in [0.1, 0.15) is 42.2 Å². The number of benzene rings is 1. The second-order valence-corrected chi connectivity index (χ2v) is 8.09. The predicted molar refractivity (Wildman–Crippen MR) is 101 cm³/mol. The van der Waals surface area contributed by atoms with Crippen molar-refractivity contribution in [2.75, 3.05) is 0 Å². The van der Waals surface area contributed by atoms with Crippen molar-refractivity contribution in [1.82, 2.24) is 14.5 Å². The molecule has 30 heavy (non-hydrogen) atoms. The summed E-state index contributed by atoms with van der Waals surface area (Å²) in [5.74, 6) is -1.78. The third kappa shape index (κ3) is 3.01. The molecule has 0 spiro atoms. The highest BCUT2D eigenvalue weighted by Gasteiger charge is 2.58. The fourth-order valence-electron chi connectivity index (χ4n) is 4.31. The number of ether oxygens (including phenoxy) is 3. The Bertz CT molecular complexity index is 1100. The molecular weight excluding hydrogens is 396 g/mol. The molecule has 1 aromatic carbocycles. The Morgan fingerprint density at radius 2 is 1.80 bits per heavy atom. The van der Waals surface area contributed by atoms with Gasteiger partial charge in [-0.25, -0.2) is 18.7 Å². The van der Waals surface area contributed by atoms with E-state index >= 15 is 0 Å². The number of aliphatic hydroxyl groups is 1. The molecule has 5 rings (SSSR count). The van der Waals surface area contributed by atoms with Crippen LogP contribution in [0.5, 0.6) is 0 Å². The van der Waals surface area contributed by atoms with Crippen LogP contribution in [0, 0.1) is 18.6 Å². The standard InChI is InChI=1S/C21H21F2N3O4/c1-10-14-13(23)8-26(19(14)25-9-24-10)20-18-17(29-21(2,3)30-18)16(28-20)15(27)11-4-6-12(22)7-5-11/h4-9,15-18,20,27H,1-3H3/t15-,16-,17-,18-,20-/m1/s1. The Labute approximate surface area is 171 Å². The minimum Gasteiger partial charge on any atom is -0.386 e. The Kier molecular flexibility index (Phi) is 4.41. The molecule has 7 nitrogen and oxygen atoms in total. The lowest BCUT2D eigenvalue weighted by molar-refractivity contribution is -0.207. The third-order valence-electron chi connectivity index (χ3n) is 5.61. The van der Waals surface area contributed by atoms with Gasteiger partial charge >= 0.3 is 0 Å². The van der Waals surface area contributed by atoms with Crippen molar-refractivity contribution in [2.24, 2.45) is 0 Å². The summed E-state index contributed by atoms with van der Waals surface area (Å²) in [4.78, 5) is 8.28. The maximum atomic E-state index is 14.7. The molecule has 0 amide bonds. The molecule has 1 N–H and O–H groups in total. The Hall–Kier alpha value is -2.46. The van der Waals surface area contributed by atoms with E-state index in [1.807, 2.05) is 0 Å². The molecule has 0 unspecified atom stereocenters. The molecule has 0 bridgehead atoms.